The van der Waals surface area contributed by atoms with Crippen molar-refractivity contribution in [1.82, 2.24) is 0 Å². The summed E-state index contributed by atoms with van der Waals surface area (Å²) in [7, 11) is 0. The van der Waals surface area contributed by atoms with E-state index in [0.29, 0.717) is 23.1 Å². The highest BCUT2D eigenvalue weighted by Crippen LogP contribution is 2.18. The Balaban J connectivity index is 3.27. The van der Waals surface area contributed by atoms with E-state index in [1.54, 1.807) is 12.1 Å². The monoisotopic (exact) mass is 219 g/mol. The van der Waals surface area contributed by atoms with Crippen LogP contribution in [0.15, 0.2) is 12.1 Å². The van der Waals surface area contributed by atoms with Crippen LogP contribution in [0.25, 0.3) is 0 Å². The van der Waals surface area contributed by atoms with Crippen LogP contribution in [-0.2, 0) is 24.2 Å². The molecule has 1 aromatic carbocycles. The number of nitrogens with zero attached hydrogens (tertiary/aromatic N) is 1. The van der Waals surface area contributed by atoms with Crippen molar-refractivity contribution in [3.05, 3.63) is 34.4 Å². The SMILES string of the molecule is CCc1cc(CO)c(CC(=O)O)cc1C#N. The molecule has 16 heavy (non-hydrogen) atoms. The van der Waals surface area contributed by atoms with E-state index in [1.165, 1.54) is 0 Å². The van der Waals surface area contributed by atoms with Gasteiger partial charge in [0.05, 0.1) is 24.7 Å². The summed E-state index contributed by atoms with van der Waals surface area (Å²) >= 11 is 0. The molecule has 0 unspecified atom stereocenters. The highest BCUT2D eigenvalue weighted by Gasteiger charge is 2.10. The summed E-state index contributed by atoms with van der Waals surface area (Å²) in [5.41, 5.74) is 2.40. The number of aryl methyl sites for hydroxylation is 1. The highest BCUT2D eigenvalue weighted by atomic mass is 16.4. The maximum absolute atomic E-state index is 10.6. The van der Waals surface area contributed by atoms with E-state index < -0.39 is 5.97 Å². The maximum atomic E-state index is 10.6. The van der Waals surface area contributed by atoms with E-state index in [-0.39, 0.29) is 13.0 Å². The Labute approximate surface area is 93.8 Å². The third-order valence-corrected chi connectivity index (χ3v) is 2.44. The Hall–Kier alpha value is -1.86. The predicted octanol–water partition coefficient (Wildman–Crippen LogP) is 1.24. The maximum Gasteiger partial charge on any atom is 0.307 e. The van der Waals surface area contributed by atoms with Gasteiger partial charge in [-0.1, -0.05) is 13.0 Å². The summed E-state index contributed by atoms with van der Waals surface area (Å²) in [6.07, 6.45) is 0.512. The number of carboxylic acid groups (broad SMARTS) is 1. The van der Waals surface area contributed by atoms with Crippen molar-refractivity contribution in [3.8, 4) is 6.07 Å². The van der Waals surface area contributed by atoms with Crippen LogP contribution in [0.2, 0.25) is 0 Å². The lowest BCUT2D eigenvalue weighted by molar-refractivity contribution is -0.136. The molecule has 0 heterocycles. The molecule has 2 N–H and O–H groups in total. The number of nitriles is 1. The van der Waals surface area contributed by atoms with Crippen molar-refractivity contribution in [2.45, 2.75) is 26.4 Å². The van der Waals surface area contributed by atoms with Crippen LogP contribution >= 0.6 is 0 Å². The van der Waals surface area contributed by atoms with Crippen LogP contribution in [0, 0.1) is 11.3 Å². The number of aliphatic carboxylic acids is 1. The second-order valence-corrected chi connectivity index (χ2v) is 3.47. The molecule has 84 valence electrons. The molecule has 0 saturated carbocycles. The Kier molecular flexibility index (Phi) is 4.03. The number of aliphatic hydroxyl groups is 1. The second kappa shape index (κ2) is 5.29. The van der Waals surface area contributed by atoms with Crippen LogP contribution in [-0.4, -0.2) is 16.2 Å². The fourth-order valence-corrected chi connectivity index (χ4v) is 1.61. The molecule has 0 saturated heterocycles. The molecule has 4 nitrogen and oxygen atoms in total. The number of carbonyl (C=O) groups is 1. The number of carboxylic acids is 1. The van der Waals surface area contributed by atoms with Crippen LogP contribution < -0.4 is 0 Å². The molecule has 0 aliphatic rings. The molecule has 0 bridgehead atoms. The molecule has 1 aromatic rings. The third-order valence-electron chi connectivity index (χ3n) is 2.44. The zero-order valence-corrected chi connectivity index (χ0v) is 9.03. The third kappa shape index (κ3) is 2.59. The van der Waals surface area contributed by atoms with Gasteiger partial charge >= 0.3 is 5.97 Å². The largest absolute Gasteiger partial charge is 0.481 e. The van der Waals surface area contributed by atoms with Gasteiger partial charge in [-0.3, -0.25) is 4.79 Å². The number of benzene rings is 1. The van der Waals surface area contributed by atoms with Gasteiger partial charge in [-0.25, -0.2) is 0 Å². The molecule has 0 atom stereocenters. The van der Waals surface area contributed by atoms with Crippen molar-refractivity contribution in [1.29, 1.82) is 5.26 Å². The van der Waals surface area contributed by atoms with Crippen LogP contribution in [0.4, 0.5) is 0 Å². The standard InChI is InChI=1S/C12H13NO3/c1-2-8-3-11(7-14)9(5-12(15)16)4-10(8)6-13/h3-4,14H,2,5,7H2,1H3,(H,15,16). The van der Waals surface area contributed by atoms with Gasteiger partial charge in [0.15, 0.2) is 0 Å². The lowest BCUT2D eigenvalue weighted by Crippen LogP contribution is -2.06. The van der Waals surface area contributed by atoms with E-state index in [1.807, 2.05) is 13.0 Å². The summed E-state index contributed by atoms with van der Waals surface area (Å²) < 4.78 is 0. The van der Waals surface area contributed by atoms with Gasteiger partial charge < -0.3 is 10.2 Å². The van der Waals surface area contributed by atoms with Gasteiger partial charge in [0.25, 0.3) is 0 Å². The fourth-order valence-electron chi connectivity index (χ4n) is 1.61. The first-order valence-corrected chi connectivity index (χ1v) is 4.99. The molecular weight excluding hydrogens is 206 g/mol. The first-order valence-electron chi connectivity index (χ1n) is 4.99. The minimum atomic E-state index is -0.970. The minimum absolute atomic E-state index is 0.172. The quantitative estimate of drug-likeness (QED) is 0.798. The van der Waals surface area contributed by atoms with Gasteiger partial charge in [0.1, 0.15) is 0 Å². The van der Waals surface area contributed by atoms with Gasteiger partial charge in [0.2, 0.25) is 0 Å². The van der Waals surface area contributed by atoms with E-state index in [4.69, 9.17) is 15.5 Å². The van der Waals surface area contributed by atoms with E-state index in [0.717, 1.165) is 5.56 Å². The Morgan fingerprint density at radius 2 is 2.06 bits per heavy atom. The van der Waals surface area contributed by atoms with Crippen LogP contribution in [0.5, 0.6) is 0 Å². The first-order chi connectivity index (χ1) is 7.62. The topological polar surface area (TPSA) is 81.3 Å². The molecule has 4 heteroatoms. The average Bonchev–Trinajstić information content (AvgIpc) is 2.27. The summed E-state index contributed by atoms with van der Waals surface area (Å²) in [6, 6.07) is 5.30. The molecule has 1 rings (SSSR count). The van der Waals surface area contributed by atoms with E-state index in [9.17, 15) is 4.79 Å². The summed E-state index contributed by atoms with van der Waals surface area (Å²) in [5, 5.41) is 26.8. The van der Waals surface area contributed by atoms with Gasteiger partial charge in [0, 0.05) is 0 Å². The van der Waals surface area contributed by atoms with Crippen LogP contribution in [0.1, 0.15) is 29.2 Å². The molecule has 0 aliphatic heterocycles. The van der Waals surface area contributed by atoms with Crippen molar-refractivity contribution in [3.63, 3.8) is 0 Å². The zero-order chi connectivity index (χ0) is 12.1. The van der Waals surface area contributed by atoms with Gasteiger partial charge in [-0.05, 0) is 29.2 Å². The number of rotatable bonds is 4. The Bertz CT molecular complexity index is 446. The first kappa shape index (κ1) is 12.2. The second-order valence-electron chi connectivity index (χ2n) is 3.47. The van der Waals surface area contributed by atoms with Crippen molar-refractivity contribution in [2.24, 2.45) is 0 Å². The number of hydrogen-bond donors (Lipinski definition) is 2. The molecule has 0 aromatic heterocycles. The molecule has 0 amide bonds. The molecule has 0 aliphatic carbocycles. The summed E-state index contributed by atoms with van der Waals surface area (Å²) in [5.74, 6) is -0.970. The van der Waals surface area contributed by atoms with Gasteiger partial charge in [-0.2, -0.15) is 5.26 Å². The molecular formula is C12H13NO3. The average molecular weight is 219 g/mol. The summed E-state index contributed by atoms with van der Waals surface area (Å²) in [4.78, 5) is 10.6. The van der Waals surface area contributed by atoms with Gasteiger partial charge in [-0.15, -0.1) is 0 Å². The van der Waals surface area contributed by atoms with E-state index in [2.05, 4.69) is 0 Å². The lowest BCUT2D eigenvalue weighted by atomic mass is 9.96. The van der Waals surface area contributed by atoms with Crippen molar-refractivity contribution >= 4 is 5.97 Å². The van der Waals surface area contributed by atoms with Crippen molar-refractivity contribution < 1.29 is 15.0 Å². The Morgan fingerprint density at radius 3 is 2.50 bits per heavy atom. The number of aliphatic hydroxyl groups excluding tert-OH is 1. The normalized spacial score (nSPS) is 9.81. The summed E-state index contributed by atoms with van der Waals surface area (Å²) in [6.45, 7) is 1.70. The predicted molar refractivity (Wildman–Crippen MR) is 57.8 cm³/mol. The van der Waals surface area contributed by atoms with Crippen LogP contribution in [0.3, 0.4) is 0 Å². The molecule has 0 spiro atoms. The van der Waals surface area contributed by atoms with E-state index >= 15 is 0 Å². The fraction of sp³-hybridized carbons (Fsp3) is 0.333. The molecule has 0 radical (unpaired) electrons. The number of hydrogen-bond acceptors (Lipinski definition) is 3. The minimum Gasteiger partial charge on any atom is -0.481 e. The Morgan fingerprint density at radius 1 is 1.38 bits per heavy atom. The lowest BCUT2D eigenvalue weighted by Gasteiger charge is -2.09. The highest BCUT2D eigenvalue weighted by molar-refractivity contribution is 5.71. The van der Waals surface area contributed by atoms with Crippen molar-refractivity contribution in [2.75, 3.05) is 0 Å². The zero-order valence-electron chi connectivity index (χ0n) is 9.03. The smallest absolute Gasteiger partial charge is 0.307 e. The molecule has 0 fully saturated rings.